The monoisotopic (exact) mass is 326 g/mol. The molecule has 1 fully saturated rings. The van der Waals surface area contributed by atoms with Gasteiger partial charge in [-0.25, -0.2) is 0 Å². The molecule has 2 aromatic rings. The van der Waals surface area contributed by atoms with Crippen LogP contribution in [0.15, 0.2) is 53.1 Å². The summed E-state index contributed by atoms with van der Waals surface area (Å²) in [4.78, 5) is 15.0. The Kier molecular flexibility index (Phi) is 5.70. The Morgan fingerprint density at radius 3 is 2.58 bits per heavy atom. The Bertz CT molecular complexity index is 616. The number of carbonyl (C=O) groups is 1. The molecule has 0 saturated carbocycles. The highest BCUT2D eigenvalue weighted by atomic mass is 16.3. The van der Waals surface area contributed by atoms with Gasteiger partial charge in [0.25, 0.3) is 0 Å². The minimum absolute atomic E-state index is 0.107. The molecule has 1 N–H and O–H groups in total. The molecule has 0 spiro atoms. The summed E-state index contributed by atoms with van der Waals surface area (Å²) in [6.07, 6.45) is 4.47. The lowest BCUT2D eigenvalue weighted by molar-refractivity contribution is -0.123. The Balaban J connectivity index is 1.62. The SMILES string of the molecule is CCN1CCC(CC(=O)NC(c2ccccc2)c2ccco2)CC1. The lowest BCUT2D eigenvalue weighted by Gasteiger charge is -2.31. The highest BCUT2D eigenvalue weighted by Gasteiger charge is 2.24. The number of hydrogen-bond donors (Lipinski definition) is 1. The molecular weight excluding hydrogens is 300 g/mol. The zero-order chi connectivity index (χ0) is 16.8. The number of nitrogens with one attached hydrogen (secondary N) is 1. The van der Waals surface area contributed by atoms with E-state index in [1.54, 1.807) is 6.26 Å². The first-order valence-corrected chi connectivity index (χ1v) is 8.86. The highest BCUT2D eigenvalue weighted by Crippen LogP contribution is 2.24. The minimum Gasteiger partial charge on any atom is -0.467 e. The molecule has 3 rings (SSSR count). The van der Waals surface area contributed by atoms with Crippen molar-refractivity contribution in [3.8, 4) is 0 Å². The Morgan fingerprint density at radius 1 is 1.21 bits per heavy atom. The largest absolute Gasteiger partial charge is 0.467 e. The zero-order valence-corrected chi connectivity index (χ0v) is 14.3. The Hall–Kier alpha value is -2.07. The second-order valence-corrected chi connectivity index (χ2v) is 6.51. The number of rotatable bonds is 6. The van der Waals surface area contributed by atoms with Crippen molar-refractivity contribution in [3.05, 3.63) is 60.1 Å². The van der Waals surface area contributed by atoms with Gasteiger partial charge >= 0.3 is 0 Å². The summed E-state index contributed by atoms with van der Waals surface area (Å²) in [6, 6.07) is 13.5. The van der Waals surface area contributed by atoms with Gasteiger partial charge in [0.05, 0.1) is 6.26 Å². The van der Waals surface area contributed by atoms with E-state index in [9.17, 15) is 4.79 Å². The maximum absolute atomic E-state index is 12.6. The fourth-order valence-electron chi connectivity index (χ4n) is 3.41. The standard InChI is InChI=1S/C20H26N2O2/c1-2-22-12-10-16(11-13-22)15-19(23)21-20(18-9-6-14-24-18)17-7-4-3-5-8-17/h3-9,14,16,20H,2,10-13,15H2,1H3,(H,21,23). The number of furan rings is 1. The number of likely N-dealkylation sites (tertiary alicyclic amines) is 1. The third kappa shape index (κ3) is 4.26. The molecule has 1 aliphatic rings. The predicted molar refractivity (Wildman–Crippen MR) is 94.6 cm³/mol. The number of benzene rings is 1. The van der Waals surface area contributed by atoms with Gasteiger partial charge < -0.3 is 14.6 Å². The molecule has 1 aromatic carbocycles. The van der Waals surface area contributed by atoms with E-state index in [-0.39, 0.29) is 11.9 Å². The van der Waals surface area contributed by atoms with Crippen molar-refractivity contribution >= 4 is 5.91 Å². The van der Waals surface area contributed by atoms with Gasteiger partial charge in [0.2, 0.25) is 5.91 Å². The maximum Gasteiger partial charge on any atom is 0.221 e. The van der Waals surface area contributed by atoms with Crippen LogP contribution in [0.3, 0.4) is 0 Å². The Labute approximate surface area is 143 Å². The van der Waals surface area contributed by atoms with Crippen LogP contribution < -0.4 is 5.32 Å². The van der Waals surface area contributed by atoms with Gasteiger partial charge in [0, 0.05) is 6.42 Å². The van der Waals surface area contributed by atoms with E-state index in [1.807, 2.05) is 42.5 Å². The van der Waals surface area contributed by atoms with Crippen LogP contribution in [0.1, 0.15) is 43.6 Å². The molecule has 0 aliphatic carbocycles. The van der Waals surface area contributed by atoms with Crippen molar-refractivity contribution < 1.29 is 9.21 Å². The molecular formula is C20H26N2O2. The van der Waals surface area contributed by atoms with E-state index >= 15 is 0 Å². The van der Waals surface area contributed by atoms with E-state index in [1.165, 1.54) is 0 Å². The molecule has 4 heteroatoms. The molecule has 0 radical (unpaired) electrons. The summed E-state index contributed by atoms with van der Waals surface area (Å²) in [6.45, 7) is 5.51. The lowest BCUT2D eigenvalue weighted by atomic mass is 9.93. The average Bonchev–Trinajstić information content (AvgIpc) is 3.15. The van der Waals surface area contributed by atoms with E-state index in [0.717, 1.165) is 43.8 Å². The summed E-state index contributed by atoms with van der Waals surface area (Å²) < 4.78 is 5.55. The number of nitrogens with zero attached hydrogens (tertiary/aromatic N) is 1. The van der Waals surface area contributed by atoms with Crippen LogP contribution in [0.2, 0.25) is 0 Å². The number of hydrogen-bond acceptors (Lipinski definition) is 3. The van der Waals surface area contributed by atoms with Crippen LogP contribution in [-0.2, 0) is 4.79 Å². The van der Waals surface area contributed by atoms with Gasteiger partial charge in [-0.05, 0) is 56.1 Å². The van der Waals surface area contributed by atoms with Gasteiger partial charge in [0.15, 0.2) is 0 Å². The molecule has 2 heterocycles. The number of carbonyl (C=O) groups excluding carboxylic acids is 1. The average molecular weight is 326 g/mol. The van der Waals surface area contributed by atoms with E-state index in [4.69, 9.17) is 4.42 Å². The summed E-state index contributed by atoms with van der Waals surface area (Å²) in [5, 5.41) is 3.16. The Morgan fingerprint density at radius 2 is 1.96 bits per heavy atom. The summed E-state index contributed by atoms with van der Waals surface area (Å²) in [5.41, 5.74) is 1.04. The smallest absolute Gasteiger partial charge is 0.221 e. The van der Waals surface area contributed by atoms with Crippen molar-refractivity contribution in [2.24, 2.45) is 5.92 Å². The molecule has 0 bridgehead atoms. The number of piperidine rings is 1. The number of amides is 1. The van der Waals surface area contributed by atoms with Gasteiger partial charge in [-0.1, -0.05) is 37.3 Å². The third-order valence-electron chi connectivity index (χ3n) is 4.89. The summed E-state index contributed by atoms with van der Waals surface area (Å²) in [7, 11) is 0. The van der Waals surface area contributed by atoms with Crippen molar-refractivity contribution in [3.63, 3.8) is 0 Å². The molecule has 1 saturated heterocycles. The van der Waals surface area contributed by atoms with Gasteiger partial charge in [0.1, 0.15) is 11.8 Å². The molecule has 24 heavy (non-hydrogen) atoms. The van der Waals surface area contributed by atoms with Crippen molar-refractivity contribution in [1.82, 2.24) is 10.2 Å². The minimum atomic E-state index is -0.218. The summed E-state index contributed by atoms with van der Waals surface area (Å²) >= 11 is 0. The van der Waals surface area contributed by atoms with Gasteiger partial charge in [-0.2, -0.15) is 0 Å². The van der Waals surface area contributed by atoms with Crippen molar-refractivity contribution in [1.29, 1.82) is 0 Å². The van der Waals surface area contributed by atoms with Crippen LogP contribution in [-0.4, -0.2) is 30.4 Å². The maximum atomic E-state index is 12.6. The van der Waals surface area contributed by atoms with Crippen molar-refractivity contribution in [2.75, 3.05) is 19.6 Å². The summed E-state index contributed by atoms with van der Waals surface area (Å²) in [5.74, 6) is 1.37. The zero-order valence-electron chi connectivity index (χ0n) is 14.3. The molecule has 4 nitrogen and oxygen atoms in total. The third-order valence-corrected chi connectivity index (χ3v) is 4.89. The molecule has 1 atom stereocenters. The second kappa shape index (κ2) is 8.15. The lowest BCUT2D eigenvalue weighted by Crippen LogP contribution is -2.36. The quantitative estimate of drug-likeness (QED) is 0.882. The first-order chi connectivity index (χ1) is 11.8. The molecule has 1 aliphatic heterocycles. The van der Waals surface area contributed by atoms with Crippen LogP contribution >= 0.6 is 0 Å². The fourth-order valence-corrected chi connectivity index (χ4v) is 3.41. The second-order valence-electron chi connectivity index (χ2n) is 6.51. The molecule has 1 unspecified atom stereocenters. The molecule has 1 aromatic heterocycles. The van der Waals surface area contributed by atoms with E-state index in [2.05, 4.69) is 17.1 Å². The van der Waals surface area contributed by atoms with Crippen LogP contribution in [0.5, 0.6) is 0 Å². The molecule has 128 valence electrons. The first-order valence-electron chi connectivity index (χ1n) is 8.86. The van der Waals surface area contributed by atoms with Gasteiger partial charge in [-0.15, -0.1) is 0 Å². The van der Waals surface area contributed by atoms with Crippen LogP contribution in [0, 0.1) is 5.92 Å². The molecule has 1 amide bonds. The predicted octanol–water partition coefficient (Wildman–Crippen LogP) is 3.61. The normalized spacial score (nSPS) is 17.5. The first kappa shape index (κ1) is 16.8. The topological polar surface area (TPSA) is 45.5 Å². The van der Waals surface area contributed by atoms with E-state index < -0.39 is 0 Å². The highest BCUT2D eigenvalue weighted by molar-refractivity contribution is 5.77. The van der Waals surface area contributed by atoms with E-state index in [0.29, 0.717) is 12.3 Å². The van der Waals surface area contributed by atoms with Gasteiger partial charge in [-0.3, -0.25) is 4.79 Å². The fraction of sp³-hybridized carbons (Fsp3) is 0.450. The van der Waals surface area contributed by atoms with Crippen molar-refractivity contribution in [2.45, 2.75) is 32.2 Å². The van der Waals surface area contributed by atoms with Crippen LogP contribution in [0.25, 0.3) is 0 Å². The van der Waals surface area contributed by atoms with Crippen LogP contribution in [0.4, 0.5) is 0 Å².